The van der Waals surface area contributed by atoms with Crippen molar-refractivity contribution in [2.24, 2.45) is 5.73 Å². The van der Waals surface area contributed by atoms with Crippen LogP contribution in [0.4, 0.5) is 5.69 Å². The van der Waals surface area contributed by atoms with Gasteiger partial charge in [-0.3, -0.25) is 10.1 Å². The number of rotatable bonds is 5. The Kier molecular flexibility index (Phi) is 4.63. The first kappa shape index (κ1) is 14.7. The van der Waals surface area contributed by atoms with Gasteiger partial charge in [-0.05, 0) is 24.1 Å². The first-order valence-electron chi connectivity index (χ1n) is 6.32. The third-order valence-electron chi connectivity index (χ3n) is 2.87. The van der Waals surface area contributed by atoms with E-state index >= 15 is 0 Å². The first-order valence-corrected chi connectivity index (χ1v) is 6.32. The third kappa shape index (κ3) is 4.12. The Hall–Kier alpha value is -2.73. The zero-order chi connectivity index (χ0) is 15.2. The number of ether oxygens (including phenoxy) is 1. The van der Waals surface area contributed by atoms with Gasteiger partial charge in [-0.2, -0.15) is 0 Å². The Morgan fingerprint density at radius 3 is 2.33 bits per heavy atom. The van der Waals surface area contributed by atoms with Crippen molar-refractivity contribution >= 4 is 11.7 Å². The molecule has 6 nitrogen and oxygen atoms in total. The van der Waals surface area contributed by atoms with Crippen LogP contribution < -0.4 is 10.5 Å². The topological polar surface area (TPSA) is 95.5 Å². The predicted octanol–water partition coefficient (Wildman–Crippen LogP) is 2.07. The van der Waals surface area contributed by atoms with Crippen LogP contribution in [-0.4, -0.2) is 16.9 Å². The van der Waals surface area contributed by atoms with Gasteiger partial charge in [0.15, 0.2) is 0 Å². The van der Waals surface area contributed by atoms with Gasteiger partial charge in [0, 0.05) is 12.1 Å². The molecular formula is C15H14N2O4. The van der Waals surface area contributed by atoms with Crippen molar-refractivity contribution in [2.75, 3.05) is 0 Å². The van der Waals surface area contributed by atoms with E-state index in [-0.39, 0.29) is 12.1 Å². The fourth-order valence-corrected chi connectivity index (χ4v) is 1.77. The van der Waals surface area contributed by atoms with Gasteiger partial charge in [0.2, 0.25) is 0 Å². The predicted molar refractivity (Wildman–Crippen MR) is 76.9 cm³/mol. The van der Waals surface area contributed by atoms with Crippen molar-refractivity contribution in [2.45, 2.75) is 12.5 Å². The van der Waals surface area contributed by atoms with Crippen LogP contribution in [0, 0.1) is 10.1 Å². The molecule has 108 valence electrons. The van der Waals surface area contributed by atoms with Crippen LogP contribution >= 0.6 is 0 Å². The van der Waals surface area contributed by atoms with Gasteiger partial charge in [-0.1, -0.05) is 30.3 Å². The normalized spacial score (nSPS) is 11.7. The molecular weight excluding hydrogens is 272 g/mol. The Morgan fingerprint density at radius 1 is 1.14 bits per heavy atom. The number of esters is 1. The second kappa shape index (κ2) is 6.62. The highest BCUT2D eigenvalue weighted by atomic mass is 16.6. The number of non-ortho nitro benzene ring substituents is 1. The maximum atomic E-state index is 11.8. The molecule has 6 heteroatoms. The molecule has 0 saturated carbocycles. The summed E-state index contributed by atoms with van der Waals surface area (Å²) in [5, 5.41) is 10.6. The van der Waals surface area contributed by atoms with E-state index in [9.17, 15) is 14.9 Å². The number of nitrogens with zero attached hydrogens (tertiary/aromatic N) is 1. The Bertz CT molecular complexity index is 626. The van der Waals surface area contributed by atoms with E-state index in [1.54, 1.807) is 36.4 Å². The van der Waals surface area contributed by atoms with Crippen LogP contribution in [0.5, 0.6) is 5.75 Å². The van der Waals surface area contributed by atoms with Crippen LogP contribution in [0.1, 0.15) is 5.56 Å². The van der Waals surface area contributed by atoms with Crippen molar-refractivity contribution < 1.29 is 14.5 Å². The third-order valence-corrected chi connectivity index (χ3v) is 2.87. The molecule has 21 heavy (non-hydrogen) atoms. The molecule has 0 aliphatic rings. The van der Waals surface area contributed by atoms with Crippen LogP contribution in [0.3, 0.4) is 0 Å². The molecule has 0 spiro atoms. The van der Waals surface area contributed by atoms with Crippen LogP contribution in [-0.2, 0) is 11.2 Å². The lowest BCUT2D eigenvalue weighted by atomic mass is 10.1. The molecule has 2 aromatic rings. The van der Waals surface area contributed by atoms with Gasteiger partial charge in [0.05, 0.1) is 4.92 Å². The molecule has 0 aliphatic heterocycles. The van der Waals surface area contributed by atoms with Gasteiger partial charge >= 0.3 is 5.97 Å². The Balaban J connectivity index is 1.95. The van der Waals surface area contributed by atoms with Crippen LogP contribution in [0.2, 0.25) is 0 Å². The van der Waals surface area contributed by atoms with E-state index in [0.717, 1.165) is 5.56 Å². The molecule has 0 amide bonds. The lowest BCUT2D eigenvalue weighted by molar-refractivity contribution is -0.384. The van der Waals surface area contributed by atoms with Crippen molar-refractivity contribution in [1.29, 1.82) is 0 Å². The second-order valence-electron chi connectivity index (χ2n) is 4.47. The quantitative estimate of drug-likeness (QED) is 0.393. The lowest BCUT2D eigenvalue weighted by Gasteiger charge is -2.11. The summed E-state index contributed by atoms with van der Waals surface area (Å²) in [5.74, 6) is -0.110. The fourth-order valence-electron chi connectivity index (χ4n) is 1.77. The summed E-state index contributed by atoms with van der Waals surface area (Å²) in [6.07, 6.45) is 0.254. The fraction of sp³-hybridized carbons (Fsp3) is 0.133. The molecule has 1 unspecified atom stereocenters. The van der Waals surface area contributed by atoms with E-state index < -0.39 is 16.9 Å². The maximum absolute atomic E-state index is 11.8. The van der Waals surface area contributed by atoms with Gasteiger partial charge < -0.3 is 10.5 Å². The molecule has 2 rings (SSSR count). The van der Waals surface area contributed by atoms with Crippen molar-refractivity contribution in [1.82, 2.24) is 0 Å². The number of para-hydroxylation sites is 1. The highest BCUT2D eigenvalue weighted by Crippen LogP contribution is 2.14. The summed E-state index contributed by atoms with van der Waals surface area (Å²) in [6, 6.07) is 13.7. The molecule has 0 saturated heterocycles. The second-order valence-corrected chi connectivity index (χ2v) is 4.47. The van der Waals surface area contributed by atoms with Gasteiger partial charge in [0.1, 0.15) is 11.8 Å². The summed E-state index contributed by atoms with van der Waals surface area (Å²) in [6.45, 7) is 0. The summed E-state index contributed by atoms with van der Waals surface area (Å²) >= 11 is 0. The van der Waals surface area contributed by atoms with E-state index in [1.807, 2.05) is 6.07 Å². The minimum atomic E-state index is -0.827. The zero-order valence-corrected chi connectivity index (χ0v) is 11.1. The number of nitrogens with two attached hydrogens (primary N) is 1. The first-order chi connectivity index (χ1) is 10.1. The minimum absolute atomic E-state index is 0.000756. The van der Waals surface area contributed by atoms with Gasteiger partial charge in [-0.15, -0.1) is 0 Å². The van der Waals surface area contributed by atoms with Crippen LogP contribution in [0.25, 0.3) is 0 Å². The molecule has 2 N–H and O–H groups in total. The number of benzene rings is 2. The summed E-state index contributed by atoms with van der Waals surface area (Å²) in [4.78, 5) is 21.9. The molecule has 0 fully saturated rings. The minimum Gasteiger partial charge on any atom is -0.425 e. The summed E-state index contributed by atoms with van der Waals surface area (Å²) in [5.41, 5.74) is 6.52. The number of carbonyl (C=O) groups is 1. The molecule has 0 bridgehead atoms. The van der Waals surface area contributed by atoms with Crippen molar-refractivity contribution in [3.8, 4) is 5.75 Å². The van der Waals surface area contributed by atoms with Crippen molar-refractivity contribution in [3.63, 3.8) is 0 Å². The Labute approximate surface area is 121 Å². The van der Waals surface area contributed by atoms with Gasteiger partial charge in [-0.25, -0.2) is 4.79 Å². The van der Waals surface area contributed by atoms with E-state index in [4.69, 9.17) is 10.5 Å². The SMILES string of the molecule is NC(Cc1ccc([N+](=O)[O-])cc1)C(=O)Oc1ccccc1. The molecule has 0 radical (unpaired) electrons. The average molecular weight is 286 g/mol. The summed E-state index contributed by atoms with van der Waals surface area (Å²) < 4.78 is 5.14. The van der Waals surface area contributed by atoms with E-state index in [1.165, 1.54) is 12.1 Å². The molecule has 0 aromatic heterocycles. The number of nitro benzene ring substituents is 1. The number of nitro groups is 1. The Morgan fingerprint density at radius 2 is 1.76 bits per heavy atom. The summed E-state index contributed by atoms with van der Waals surface area (Å²) in [7, 11) is 0. The monoisotopic (exact) mass is 286 g/mol. The smallest absolute Gasteiger partial charge is 0.328 e. The molecule has 2 aromatic carbocycles. The molecule has 0 aliphatic carbocycles. The lowest BCUT2D eigenvalue weighted by Crippen LogP contribution is -2.36. The highest BCUT2D eigenvalue weighted by molar-refractivity contribution is 5.78. The van der Waals surface area contributed by atoms with E-state index in [2.05, 4.69) is 0 Å². The average Bonchev–Trinajstić information content (AvgIpc) is 2.48. The van der Waals surface area contributed by atoms with Crippen LogP contribution in [0.15, 0.2) is 54.6 Å². The standard InChI is InChI=1S/C15H14N2O4/c16-14(15(18)21-13-4-2-1-3-5-13)10-11-6-8-12(9-7-11)17(19)20/h1-9,14H,10,16H2. The number of hydrogen-bond donors (Lipinski definition) is 1. The van der Waals surface area contributed by atoms with Crippen molar-refractivity contribution in [3.05, 3.63) is 70.3 Å². The maximum Gasteiger partial charge on any atom is 0.328 e. The highest BCUT2D eigenvalue weighted by Gasteiger charge is 2.17. The number of hydrogen-bond acceptors (Lipinski definition) is 5. The zero-order valence-electron chi connectivity index (χ0n) is 11.1. The molecule has 0 heterocycles. The van der Waals surface area contributed by atoms with E-state index in [0.29, 0.717) is 5.75 Å². The largest absolute Gasteiger partial charge is 0.425 e. The molecule has 1 atom stereocenters. The van der Waals surface area contributed by atoms with Gasteiger partial charge in [0.25, 0.3) is 5.69 Å². The number of carbonyl (C=O) groups excluding carboxylic acids is 1.